The fraction of sp³-hybridized carbons (Fsp3) is 0.462. The van der Waals surface area contributed by atoms with Crippen LogP contribution in [0.3, 0.4) is 0 Å². The van der Waals surface area contributed by atoms with E-state index >= 15 is 0 Å². The average Bonchev–Trinajstić information content (AvgIpc) is 2.45. The summed E-state index contributed by atoms with van der Waals surface area (Å²) >= 11 is 5.76. The largest absolute Gasteiger partial charge is 0.388 e. The number of benzene rings is 1. The quantitative estimate of drug-likeness (QED) is 0.648. The van der Waals surface area contributed by atoms with Crippen LogP contribution in [0.1, 0.15) is 23.2 Å². The van der Waals surface area contributed by atoms with Gasteiger partial charge in [-0.25, -0.2) is 0 Å². The van der Waals surface area contributed by atoms with Gasteiger partial charge < -0.3 is 15.2 Å². The van der Waals surface area contributed by atoms with Crippen LogP contribution in [-0.4, -0.2) is 41.3 Å². The van der Waals surface area contributed by atoms with E-state index in [1.807, 2.05) is 0 Å². The summed E-state index contributed by atoms with van der Waals surface area (Å²) in [6.45, 7) is 0.853. The second-order valence-corrected chi connectivity index (χ2v) is 5.32. The number of amides is 1. The smallest absolute Gasteiger partial charge is 0.300 e. The van der Waals surface area contributed by atoms with E-state index in [0.717, 1.165) is 0 Å². The first-order valence-corrected chi connectivity index (χ1v) is 6.82. The predicted octanol–water partition coefficient (Wildman–Crippen LogP) is 1.52. The van der Waals surface area contributed by atoms with E-state index in [1.54, 1.807) is 0 Å². The number of carbonyl (C=O) groups is 1. The summed E-state index contributed by atoms with van der Waals surface area (Å²) in [5.74, 6) is -0.635. The second kappa shape index (κ2) is 6.38. The van der Waals surface area contributed by atoms with E-state index in [2.05, 4.69) is 5.32 Å². The van der Waals surface area contributed by atoms with Gasteiger partial charge in [-0.2, -0.15) is 0 Å². The van der Waals surface area contributed by atoms with Crippen LogP contribution < -0.4 is 5.32 Å². The Kier molecular flexibility index (Phi) is 4.76. The standard InChI is InChI=1S/C13H15ClN2O5/c14-10-3-1-2-9(11(10)16(19)20)12(17)15-8-13(18)4-6-21-7-5-13/h1-3,18H,4-8H2,(H,15,17). The summed E-state index contributed by atoms with van der Waals surface area (Å²) in [7, 11) is 0. The molecule has 1 aromatic rings. The topological polar surface area (TPSA) is 102 Å². The molecule has 0 radical (unpaired) electrons. The summed E-state index contributed by atoms with van der Waals surface area (Å²) < 4.78 is 5.14. The van der Waals surface area contributed by atoms with Crippen molar-refractivity contribution in [2.45, 2.75) is 18.4 Å². The Bertz CT molecular complexity index is 557. The molecule has 1 aromatic carbocycles. The highest BCUT2D eigenvalue weighted by atomic mass is 35.5. The van der Waals surface area contributed by atoms with Gasteiger partial charge in [-0.15, -0.1) is 0 Å². The van der Waals surface area contributed by atoms with Crippen molar-refractivity contribution in [3.05, 3.63) is 38.9 Å². The Labute approximate surface area is 126 Å². The Hall–Kier alpha value is -1.70. The van der Waals surface area contributed by atoms with Crippen molar-refractivity contribution in [3.63, 3.8) is 0 Å². The summed E-state index contributed by atoms with van der Waals surface area (Å²) in [6, 6.07) is 4.14. The average molecular weight is 315 g/mol. The molecule has 1 aliphatic rings. The van der Waals surface area contributed by atoms with Crippen LogP contribution >= 0.6 is 11.6 Å². The predicted molar refractivity (Wildman–Crippen MR) is 75.4 cm³/mol. The van der Waals surface area contributed by atoms with Gasteiger partial charge in [0.15, 0.2) is 0 Å². The van der Waals surface area contributed by atoms with Gasteiger partial charge in [0.25, 0.3) is 5.91 Å². The van der Waals surface area contributed by atoms with E-state index in [-0.39, 0.29) is 17.1 Å². The first-order chi connectivity index (χ1) is 9.93. The van der Waals surface area contributed by atoms with Gasteiger partial charge >= 0.3 is 5.69 Å². The molecule has 8 heteroatoms. The van der Waals surface area contributed by atoms with E-state index in [0.29, 0.717) is 26.1 Å². The molecule has 0 saturated carbocycles. The lowest BCUT2D eigenvalue weighted by Crippen LogP contribution is -2.46. The number of nitrogens with zero attached hydrogens (tertiary/aromatic N) is 1. The molecular weight excluding hydrogens is 300 g/mol. The highest BCUT2D eigenvalue weighted by Crippen LogP contribution is 2.28. The third kappa shape index (κ3) is 3.69. The number of carbonyl (C=O) groups excluding carboxylic acids is 1. The maximum Gasteiger partial charge on any atom is 0.300 e. The summed E-state index contributed by atoms with van der Waals surface area (Å²) in [6.07, 6.45) is 0.815. The van der Waals surface area contributed by atoms with Gasteiger partial charge in [0.05, 0.1) is 10.5 Å². The molecule has 0 bridgehead atoms. The minimum absolute atomic E-state index is 0.0128. The lowest BCUT2D eigenvalue weighted by Gasteiger charge is -2.32. The Morgan fingerprint density at radius 3 is 2.76 bits per heavy atom. The van der Waals surface area contributed by atoms with Crippen molar-refractivity contribution in [2.75, 3.05) is 19.8 Å². The van der Waals surface area contributed by atoms with Crippen LogP contribution in [-0.2, 0) is 4.74 Å². The fourth-order valence-electron chi connectivity index (χ4n) is 2.15. The number of nitro benzene ring substituents is 1. The Morgan fingerprint density at radius 1 is 1.48 bits per heavy atom. The summed E-state index contributed by atoms with van der Waals surface area (Å²) in [4.78, 5) is 22.4. The first-order valence-electron chi connectivity index (χ1n) is 6.44. The zero-order chi connectivity index (χ0) is 15.5. The fourth-order valence-corrected chi connectivity index (χ4v) is 2.40. The summed E-state index contributed by atoms with van der Waals surface area (Å²) in [5, 5.41) is 23.7. The summed E-state index contributed by atoms with van der Waals surface area (Å²) in [5.41, 5.74) is -1.60. The van der Waals surface area contributed by atoms with Crippen molar-refractivity contribution in [2.24, 2.45) is 0 Å². The van der Waals surface area contributed by atoms with E-state index in [9.17, 15) is 20.0 Å². The van der Waals surface area contributed by atoms with Gasteiger partial charge in [-0.3, -0.25) is 14.9 Å². The second-order valence-electron chi connectivity index (χ2n) is 4.91. The Morgan fingerprint density at radius 2 is 2.14 bits per heavy atom. The van der Waals surface area contributed by atoms with Crippen molar-refractivity contribution in [1.29, 1.82) is 0 Å². The van der Waals surface area contributed by atoms with Crippen LogP contribution in [0.5, 0.6) is 0 Å². The Balaban J connectivity index is 2.10. The zero-order valence-corrected chi connectivity index (χ0v) is 11.9. The van der Waals surface area contributed by atoms with Gasteiger partial charge in [0.1, 0.15) is 10.6 Å². The van der Waals surface area contributed by atoms with Crippen molar-refractivity contribution < 1.29 is 19.6 Å². The molecule has 1 fully saturated rings. The molecule has 1 aliphatic heterocycles. The van der Waals surface area contributed by atoms with Crippen molar-refractivity contribution in [3.8, 4) is 0 Å². The third-order valence-corrected chi connectivity index (χ3v) is 3.72. The maximum atomic E-state index is 12.1. The molecule has 21 heavy (non-hydrogen) atoms. The molecule has 114 valence electrons. The van der Waals surface area contributed by atoms with E-state index in [4.69, 9.17) is 16.3 Å². The van der Waals surface area contributed by atoms with E-state index in [1.165, 1.54) is 18.2 Å². The molecule has 1 saturated heterocycles. The van der Waals surface area contributed by atoms with Crippen LogP contribution in [0.4, 0.5) is 5.69 Å². The lowest BCUT2D eigenvalue weighted by atomic mass is 9.94. The van der Waals surface area contributed by atoms with Gasteiger partial charge in [0, 0.05) is 32.6 Å². The van der Waals surface area contributed by atoms with Gasteiger partial charge in [0.2, 0.25) is 0 Å². The third-order valence-electron chi connectivity index (χ3n) is 3.42. The number of hydrogen-bond acceptors (Lipinski definition) is 5. The number of nitrogens with one attached hydrogen (secondary N) is 1. The number of rotatable bonds is 4. The number of para-hydroxylation sites is 1. The number of nitro groups is 1. The maximum absolute atomic E-state index is 12.1. The van der Waals surface area contributed by atoms with Gasteiger partial charge in [-0.05, 0) is 12.1 Å². The SMILES string of the molecule is O=C(NCC1(O)CCOCC1)c1cccc(Cl)c1[N+](=O)[O-]. The molecule has 7 nitrogen and oxygen atoms in total. The molecule has 0 aliphatic carbocycles. The van der Waals surface area contributed by atoms with Crippen LogP contribution in [0, 0.1) is 10.1 Å². The highest BCUT2D eigenvalue weighted by Gasteiger charge is 2.31. The van der Waals surface area contributed by atoms with Crippen LogP contribution in [0.25, 0.3) is 0 Å². The molecule has 1 heterocycles. The number of aliphatic hydroxyl groups is 1. The van der Waals surface area contributed by atoms with E-state index < -0.39 is 22.1 Å². The minimum atomic E-state index is -1.04. The molecule has 2 N–H and O–H groups in total. The molecule has 0 atom stereocenters. The van der Waals surface area contributed by atoms with Gasteiger partial charge in [-0.1, -0.05) is 17.7 Å². The van der Waals surface area contributed by atoms with Crippen LogP contribution in [0.2, 0.25) is 5.02 Å². The minimum Gasteiger partial charge on any atom is -0.388 e. The van der Waals surface area contributed by atoms with Crippen molar-refractivity contribution in [1.82, 2.24) is 5.32 Å². The highest BCUT2D eigenvalue weighted by molar-refractivity contribution is 6.33. The first kappa shape index (κ1) is 15.7. The molecule has 2 rings (SSSR count). The number of hydrogen-bond donors (Lipinski definition) is 2. The normalized spacial score (nSPS) is 17.2. The molecular formula is C13H15ClN2O5. The molecule has 0 unspecified atom stereocenters. The lowest BCUT2D eigenvalue weighted by molar-refractivity contribution is -0.385. The zero-order valence-electron chi connectivity index (χ0n) is 11.2. The number of ether oxygens (including phenoxy) is 1. The van der Waals surface area contributed by atoms with Crippen LogP contribution in [0.15, 0.2) is 18.2 Å². The number of halogens is 1. The monoisotopic (exact) mass is 314 g/mol. The molecule has 0 aromatic heterocycles. The molecule has 1 amide bonds. The molecule has 0 spiro atoms. The van der Waals surface area contributed by atoms with Crippen molar-refractivity contribution >= 4 is 23.2 Å².